The summed E-state index contributed by atoms with van der Waals surface area (Å²) in [5.41, 5.74) is 2.59. The second-order valence-electron chi connectivity index (χ2n) is 6.12. The van der Waals surface area contributed by atoms with E-state index in [0.29, 0.717) is 6.04 Å². The van der Waals surface area contributed by atoms with E-state index in [9.17, 15) is 0 Å². The maximum absolute atomic E-state index is 6.05. The van der Waals surface area contributed by atoms with E-state index < -0.39 is 0 Å². The molecule has 2 rings (SSSR count). The van der Waals surface area contributed by atoms with Gasteiger partial charge in [-0.05, 0) is 38.7 Å². The van der Waals surface area contributed by atoms with Crippen molar-refractivity contribution in [2.24, 2.45) is 0 Å². The van der Waals surface area contributed by atoms with Gasteiger partial charge >= 0.3 is 0 Å². The first-order valence-corrected chi connectivity index (χ1v) is 8.13. The molecule has 1 heterocycles. The third-order valence-corrected chi connectivity index (χ3v) is 4.80. The number of benzene rings is 1. The average Bonchev–Trinajstić information content (AvgIpc) is 2.53. The molecule has 1 aromatic carbocycles. The van der Waals surface area contributed by atoms with Gasteiger partial charge in [0, 0.05) is 24.8 Å². The molecule has 1 unspecified atom stereocenters. The first-order valence-electron chi connectivity index (χ1n) is 8.13. The molecule has 0 spiro atoms. The van der Waals surface area contributed by atoms with Crippen LogP contribution in [0.5, 0.6) is 5.75 Å². The molecule has 1 aliphatic heterocycles. The lowest BCUT2D eigenvalue weighted by Crippen LogP contribution is -2.46. The van der Waals surface area contributed by atoms with Crippen LogP contribution in [0.15, 0.2) is 18.2 Å². The average molecular weight is 291 g/mol. The molecular formula is C18H29NO2. The van der Waals surface area contributed by atoms with Crippen molar-refractivity contribution in [1.29, 1.82) is 0 Å². The molecular weight excluding hydrogens is 262 g/mol. The summed E-state index contributed by atoms with van der Waals surface area (Å²) in [5, 5.41) is 3.70. The van der Waals surface area contributed by atoms with Gasteiger partial charge in [-0.25, -0.2) is 0 Å². The number of ether oxygens (including phenoxy) is 2. The summed E-state index contributed by atoms with van der Waals surface area (Å²) in [4.78, 5) is 0. The highest BCUT2D eigenvalue weighted by Crippen LogP contribution is 2.31. The minimum atomic E-state index is 0.0760. The summed E-state index contributed by atoms with van der Waals surface area (Å²) >= 11 is 0. The van der Waals surface area contributed by atoms with Crippen LogP contribution < -0.4 is 10.1 Å². The Labute approximate surface area is 129 Å². The van der Waals surface area contributed by atoms with Crippen LogP contribution in [0.3, 0.4) is 0 Å². The predicted molar refractivity (Wildman–Crippen MR) is 86.9 cm³/mol. The van der Waals surface area contributed by atoms with E-state index in [1.54, 1.807) is 7.11 Å². The molecule has 3 nitrogen and oxygen atoms in total. The van der Waals surface area contributed by atoms with Crippen molar-refractivity contribution in [3.63, 3.8) is 0 Å². The Balaban J connectivity index is 1.98. The lowest BCUT2D eigenvalue weighted by atomic mass is 9.86. The standard InChI is InChI=1S/C18H29NO2/c1-5-18(6-2)12-16(9-10-21-18)19-13-15-11-14(3)7-8-17(15)20-4/h7-8,11,16,19H,5-6,9-10,12-13H2,1-4H3. The summed E-state index contributed by atoms with van der Waals surface area (Å²) in [6.07, 6.45) is 4.38. The highest BCUT2D eigenvalue weighted by atomic mass is 16.5. The zero-order valence-corrected chi connectivity index (χ0v) is 13.9. The van der Waals surface area contributed by atoms with E-state index in [-0.39, 0.29) is 5.60 Å². The Morgan fingerprint density at radius 1 is 1.33 bits per heavy atom. The molecule has 1 saturated heterocycles. The maximum Gasteiger partial charge on any atom is 0.123 e. The molecule has 1 fully saturated rings. The largest absolute Gasteiger partial charge is 0.496 e. The van der Waals surface area contributed by atoms with Gasteiger partial charge in [-0.2, -0.15) is 0 Å². The third-order valence-electron chi connectivity index (χ3n) is 4.80. The molecule has 0 amide bonds. The quantitative estimate of drug-likeness (QED) is 0.864. The first-order chi connectivity index (χ1) is 10.1. The molecule has 118 valence electrons. The number of aryl methyl sites for hydroxylation is 1. The monoisotopic (exact) mass is 291 g/mol. The number of rotatable bonds is 6. The van der Waals surface area contributed by atoms with Crippen molar-refractivity contribution in [2.75, 3.05) is 13.7 Å². The Kier molecular flexibility index (Phi) is 5.65. The molecule has 21 heavy (non-hydrogen) atoms. The molecule has 0 bridgehead atoms. The van der Waals surface area contributed by atoms with Crippen molar-refractivity contribution in [3.05, 3.63) is 29.3 Å². The van der Waals surface area contributed by atoms with Crippen LogP contribution in [0.4, 0.5) is 0 Å². The van der Waals surface area contributed by atoms with Gasteiger partial charge in [0.05, 0.1) is 12.7 Å². The molecule has 0 radical (unpaired) electrons. The van der Waals surface area contributed by atoms with Gasteiger partial charge in [0.1, 0.15) is 5.75 Å². The van der Waals surface area contributed by atoms with E-state index in [2.05, 4.69) is 44.3 Å². The highest BCUT2D eigenvalue weighted by molar-refractivity contribution is 5.36. The summed E-state index contributed by atoms with van der Waals surface area (Å²) in [6, 6.07) is 6.89. The zero-order chi connectivity index (χ0) is 15.3. The van der Waals surface area contributed by atoms with Crippen molar-refractivity contribution in [3.8, 4) is 5.75 Å². The van der Waals surface area contributed by atoms with Crippen LogP contribution >= 0.6 is 0 Å². The van der Waals surface area contributed by atoms with Crippen molar-refractivity contribution in [1.82, 2.24) is 5.32 Å². The maximum atomic E-state index is 6.05. The number of hydrogen-bond donors (Lipinski definition) is 1. The van der Waals surface area contributed by atoms with Crippen molar-refractivity contribution >= 4 is 0 Å². The van der Waals surface area contributed by atoms with E-state index >= 15 is 0 Å². The molecule has 3 heteroatoms. The lowest BCUT2D eigenvalue weighted by Gasteiger charge is -2.40. The van der Waals surface area contributed by atoms with Crippen LogP contribution in [-0.2, 0) is 11.3 Å². The van der Waals surface area contributed by atoms with Crippen molar-refractivity contribution < 1.29 is 9.47 Å². The lowest BCUT2D eigenvalue weighted by molar-refractivity contribution is -0.0932. The van der Waals surface area contributed by atoms with Gasteiger partial charge in [0.25, 0.3) is 0 Å². The number of nitrogens with one attached hydrogen (secondary N) is 1. The predicted octanol–water partition coefficient (Wildman–Crippen LogP) is 3.83. The molecule has 0 saturated carbocycles. The third kappa shape index (κ3) is 3.98. The molecule has 0 aromatic heterocycles. The topological polar surface area (TPSA) is 30.5 Å². The Bertz CT molecular complexity index is 455. The Morgan fingerprint density at radius 2 is 2.10 bits per heavy atom. The van der Waals surface area contributed by atoms with Crippen LogP contribution in [0.25, 0.3) is 0 Å². The van der Waals surface area contributed by atoms with E-state index in [4.69, 9.17) is 9.47 Å². The van der Waals surface area contributed by atoms with Gasteiger partial charge in [-0.15, -0.1) is 0 Å². The van der Waals surface area contributed by atoms with Crippen LogP contribution in [0.1, 0.15) is 50.7 Å². The molecule has 1 aliphatic rings. The first kappa shape index (κ1) is 16.3. The fraction of sp³-hybridized carbons (Fsp3) is 0.667. The number of hydrogen-bond acceptors (Lipinski definition) is 3. The van der Waals surface area contributed by atoms with E-state index in [1.807, 2.05) is 0 Å². The molecule has 1 N–H and O–H groups in total. The highest BCUT2D eigenvalue weighted by Gasteiger charge is 2.34. The van der Waals surface area contributed by atoms with Crippen LogP contribution in [0, 0.1) is 6.92 Å². The SMILES string of the molecule is CCC1(CC)CC(NCc2cc(C)ccc2OC)CCO1. The fourth-order valence-corrected chi connectivity index (χ4v) is 3.24. The van der Waals surface area contributed by atoms with Crippen LogP contribution in [-0.4, -0.2) is 25.4 Å². The van der Waals surface area contributed by atoms with Gasteiger partial charge < -0.3 is 14.8 Å². The second-order valence-corrected chi connectivity index (χ2v) is 6.12. The van der Waals surface area contributed by atoms with Gasteiger partial charge in [0.15, 0.2) is 0 Å². The fourth-order valence-electron chi connectivity index (χ4n) is 3.24. The summed E-state index contributed by atoms with van der Waals surface area (Å²) in [6.45, 7) is 8.31. The zero-order valence-electron chi connectivity index (χ0n) is 13.9. The summed E-state index contributed by atoms with van der Waals surface area (Å²) in [5.74, 6) is 0.970. The minimum Gasteiger partial charge on any atom is -0.496 e. The summed E-state index contributed by atoms with van der Waals surface area (Å²) < 4.78 is 11.5. The van der Waals surface area contributed by atoms with Gasteiger partial charge in [0.2, 0.25) is 0 Å². The van der Waals surface area contributed by atoms with Crippen LogP contribution in [0.2, 0.25) is 0 Å². The Hall–Kier alpha value is -1.06. The smallest absolute Gasteiger partial charge is 0.123 e. The van der Waals surface area contributed by atoms with Gasteiger partial charge in [-0.1, -0.05) is 31.5 Å². The Morgan fingerprint density at radius 3 is 2.76 bits per heavy atom. The molecule has 0 aliphatic carbocycles. The second kappa shape index (κ2) is 7.28. The minimum absolute atomic E-state index is 0.0760. The number of methoxy groups -OCH3 is 1. The van der Waals surface area contributed by atoms with Crippen molar-refractivity contribution in [2.45, 2.75) is 64.6 Å². The van der Waals surface area contributed by atoms with E-state index in [0.717, 1.165) is 44.6 Å². The van der Waals surface area contributed by atoms with E-state index in [1.165, 1.54) is 11.1 Å². The normalized spacial score (nSPS) is 21.2. The summed E-state index contributed by atoms with van der Waals surface area (Å²) in [7, 11) is 1.74. The molecule has 1 atom stereocenters. The molecule has 1 aromatic rings. The van der Waals surface area contributed by atoms with Gasteiger partial charge in [-0.3, -0.25) is 0 Å².